The number of nitrogens with zero attached hydrogens (tertiary/aromatic N) is 3. The second-order valence-corrected chi connectivity index (χ2v) is 7.84. The number of anilines is 1. The molecule has 116 valence electrons. The maximum atomic E-state index is 4.91. The van der Waals surface area contributed by atoms with Gasteiger partial charge in [-0.15, -0.1) is 0 Å². The van der Waals surface area contributed by atoms with Crippen molar-refractivity contribution in [2.45, 2.75) is 25.4 Å². The highest BCUT2D eigenvalue weighted by Crippen LogP contribution is 2.44. The molecule has 0 amide bonds. The van der Waals surface area contributed by atoms with Gasteiger partial charge >= 0.3 is 5.13 Å². The molecule has 6 heteroatoms. The van der Waals surface area contributed by atoms with Crippen LogP contribution in [-0.2, 0) is 6.67 Å². The molecule has 3 aromatic rings. The number of thioether (sulfide) groups is 1. The highest BCUT2D eigenvalue weighted by atomic mass is 127. The third kappa shape index (κ3) is 2.30. The molecule has 3 nitrogen and oxygen atoms in total. The van der Waals surface area contributed by atoms with Crippen molar-refractivity contribution in [2.24, 2.45) is 4.99 Å². The molecule has 23 heavy (non-hydrogen) atoms. The van der Waals surface area contributed by atoms with Crippen LogP contribution in [0.25, 0.3) is 10.2 Å². The summed E-state index contributed by atoms with van der Waals surface area (Å²) in [6.45, 7) is 5.13. The first-order chi connectivity index (χ1) is 10.7. The SMILES string of the molecule is Cc1ccc2c(c1)SC1=Nc3sc4cc(C)ccc4[n+]3CN12.[I-]. The normalized spacial score (nSPS) is 14.9. The van der Waals surface area contributed by atoms with Crippen LogP contribution in [0.3, 0.4) is 0 Å². The van der Waals surface area contributed by atoms with E-state index in [1.54, 1.807) is 23.1 Å². The average molecular weight is 451 g/mol. The minimum atomic E-state index is 0. The smallest absolute Gasteiger partial charge is 0.387 e. The number of fused-ring (bicyclic) bond motifs is 6. The van der Waals surface area contributed by atoms with Crippen molar-refractivity contribution in [3.63, 3.8) is 0 Å². The molecule has 1 aromatic heterocycles. The molecule has 0 fully saturated rings. The summed E-state index contributed by atoms with van der Waals surface area (Å²) in [5.41, 5.74) is 5.16. The van der Waals surface area contributed by atoms with Gasteiger partial charge in [0.2, 0.25) is 0 Å². The fourth-order valence-electron chi connectivity index (χ4n) is 3.03. The average Bonchev–Trinajstić information content (AvgIpc) is 3.00. The molecule has 0 spiro atoms. The Hall–Kier alpha value is -1.12. The Morgan fingerprint density at radius 3 is 2.74 bits per heavy atom. The number of aromatic nitrogens is 1. The number of benzene rings is 2. The van der Waals surface area contributed by atoms with Crippen LogP contribution in [0, 0.1) is 13.8 Å². The van der Waals surface area contributed by atoms with Gasteiger partial charge in [0.05, 0.1) is 10.4 Å². The molecule has 0 bridgehead atoms. The first-order valence-electron chi connectivity index (χ1n) is 7.27. The zero-order valence-corrected chi connectivity index (χ0v) is 16.5. The van der Waals surface area contributed by atoms with Crippen LogP contribution in [0.15, 0.2) is 46.3 Å². The number of hydrogen-bond donors (Lipinski definition) is 0. The van der Waals surface area contributed by atoms with Gasteiger partial charge < -0.3 is 24.0 Å². The Balaban J connectivity index is 0.00000135. The summed E-state index contributed by atoms with van der Waals surface area (Å²) in [4.78, 5) is 8.54. The molecule has 2 aliphatic heterocycles. The molecular weight excluding hydrogens is 437 g/mol. The lowest BCUT2D eigenvalue weighted by Crippen LogP contribution is -3.00. The summed E-state index contributed by atoms with van der Waals surface area (Å²) >= 11 is 3.56. The van der Waals surface area contributed by atoms with Crippen molar-refractivity contribution in [1.82, 2.24) is 0 Å². The number of aliphatic imine (C=N–C) groups is 1. The van der Waals surface area contributed by atoms with E-state index in [1.165, 1.54) is 31.9 Å². The number of hydrogen-bond acceptors (Lipinski definition) is 4. The van der Waals surface area contributed by atoms with Crippen LogP contribution in [0.4, 0.5) is 10.8 Å². The maximum absolute atomic E-state index is 4.91. The summed E-state index contributed by atoms with van der Waals surface area (Å²) in [6, 6.07) is 13.3. The highest BCUT2D eigenvalue weighted by Gasteiger charge is 2.38. The van der Waals surface area contributed by atoms with E-state index >= 15 is 0 Å². The summed E-state index contributed by atoms with van der Waals surface area (Å²) in [5.74, 6) is 0. The predicted molar refractivity (Wildman–Crippen MR) is 93.4 cm³/mol. The quantitative estimate of drug-likeness (QED) is 0.380. The molecule has 2 aliphatic rings. The topological polar surface area (TPSA) is 19.5 Å². The van der Waals surface area contributed by atoms with Crippen LogP contribution in [0.2, 0.25) is 0 Å². The maximum Gasteiger partial charge on any atom is 0.387 e. The summed E-state index contributed by atoms with van der Waals surface area (Å²) < 4.78 is 3.63. The molecule has 0 radical (unpaired) electrons. The van der Waals surface area contributed by atoms with Crippen LogP contribution in [0.5, 0.6) is 0 Å². The summed E-state index contributed by atoms with van der Waals surface area (Å²) in [6.07, 6.45) is 0. The van der Waals surface area contributed by atoms with Gasteiger partial charge in [-0.05, 0) is 77.3 Å². The lowest BCUT2D eigenvalue weighted by atomic mass is 10.2. The van der Waals surface area contributed by atoms with Gasteiger partial charge in [-0.1, -0.05) is 12.1 Å². The third-order valence-electron chi connectivity index (χ3n) is 4.15. The van der Waals surface area contributed by atoms with Gasteiger partial charge in [0, 0.05) is 4.90 Å². The summed E-state index contributed by atoms with van der Waals surface area (Å²) in [5, 5.41) is 2.20. The zero-order chi connectivity index (χ0) is 14.8. The van der Waals surface area contributed by atoms with Gasteiger partial charge in [0.25, 0.3) is 5.17 Å². The lowest BCUT2D eigenvalue weighted by Gasteiger charge is -2.17. The van der Waals surface area contributed by atoms with Crippen molar-refractivity contribution in [1.29, 1.82) is 0 Å². The number of aryl methyl sites for hydroxylation is 2. The fraction of sp³-hybridized carbons (Fsp3) is 0.176. The molecule has 0 unspecified atom stereocenters. The van der Waals surface area contributed by atoms with E-state index < -0.39 is 0 Å². The number of thiazole rings is 1. The van der Waals surface area contributed by atoms with Crippen molar-refractivity contribution in [2.75, 3.05) is 4.90 Å². The predicted octanol–water partition coefficient (Wildman–Crippen LogP) is 1.38. The minimum absolute atomic E-state index is 0. The Bertz CT molecular complexity index is 977. The van der Waals surface area contributed by atoms with Crippen molar-refractivity contribution < 1.29 is 28.5 Å². The highest BCUT2D eigenvalue weighted by molar-refractivity contribution is 8.14. The van der Waals surface area contributed by atoms with Gasteiger partial charge in [0.1, 0.15) is 5.52 Å². The molecule has 5 rings (SSSR count). The lowest BCUT2D eigenvalue weighted by molar-refractivity contribution is -0.653. The standard InChI is InChI=1S/C17H14N3S2.HI/c1-10-3-5-12-14(7-10)21-16-18-17-20(9-19(12)16)13-6-4-11(2)8-15(13)22-17;/h3-8H,9H2,1-2H3;1H/q+1;/p-1. The third-order valence-corrected chi connectivity index (χ3v) is 6.23. The monoisotopic (exact) mass is 451 g/mol. The Kier molecular flexibility index (Phi) is 3.66. The minimum Gasteiger partial charge on any atom is -1.00 e. The van der Waals surface area contributed by atoms with Gasteiger partial charge in [-0.2, -0.15) is 4.57 Å². The number of halogens is 1. The fourth-order valence-corrected chi connectivity index (χ4v) is 5.33. The molecule has 0 aliphatic carbocycles. The Morgan fingerprint density at radius 2 is 1.87 bits per heavy atom. The van der Waals surface area contributed by atoms with E-state index in [-0.39, 0.29) is 24.0 Å². The second-order valence-electron chi connectivity index (χ2n) is 5.82. The molecule has 0 saturated carbocycles. The van der Waals surface area contributed by atoms with Crippen LogP contribution < -0.4 is 33.4 Å². The van der Waals surface area contributed by atoms with Crippen molar-refractivity contribution in [3.05, 3.63) is 47.5 Å². The Labute approximate surface area is 160 Å². The number of rotatable bonds is 0. The molecule has 3 heterocycles. The van der Waals surface area contributed by atoms with E-state index in [2.05, 4.69) is 59.7 Å². The first-order valence-corrected chi connectivity index (χ1v) is 8.90. The first kappa shape index (κ1) is 15.4. The van der Waals surface area contributed by atoms with Crippen molar-refractivity contribution in [3.8, 4) is 0 Å². The molecule has 0 atom stereocenters. The van der Waals surface area contributed by atoms with Crippen LogP contribution >= 0.6 is 23.1 Å². The molecular formula is C17H14IN3S2. The molecule has 2 aromatic carbocycles. The van der Waals surface area contributed by atoms with E-state index in [0.29, 0.717) is 0 Å². The van der Waals surface area contributed by atoms with E-state index in [9.17, 15) is 0 Å². The van der Waals surface area contributed by atoms with Gasteiger partial charge in [-0.3, -0.25) is 4.90 Å². The van der Waals surface area contributed by atoms with Crippen LogP contribution in [0.1, 0.15) is 11.1 Å². The zero-order valence-electron chi connectivity index (χ0n) is 12.7. The largest absolute Gasteiger partial charge is 1.00 e. The molecule has 0 N–H and O–H groups in total. The van der Waals surface area contributed by atoms with Crippen LogP contribution in [-0.4, -0.2) is 5.17 Å². The van der Waals surface area contributed by atoms with Crippen molar-refractivity contribution >= 4 is 49.3 Å². The van der Waals surface area contributed by atoms with Gasteiger partial charge in [-0.25, -0.2) is 0 Å². The van der Waals surface area contributed by atoms with E-state index in [4.69, 9.17) is 4.99 Å². The second kappa shape index (κ2) is 5.46. The van der Waals surface area contributed by atoms with Gasteiger partial charge in [0.15, 0.2) is 6.67 Å². The summed E-state index contributed by atoms with van der Waals surface area (Å²) in [7, 11) is 0. The number of amidine groups is 1. The molecule has 0 saturated heterocycles. The van der Waals surface area contributed by atoms with E-state index in [1.807, 2.05) is 0 Å². The van der Waals surface area contributed by atoms with E-state index in [0.717, 1.165) is 17.0 Å². The Morgan fingerprint density at radius 1 is 1.09 bits per heavy atom.